The molecule has 22 heavy (non-hydrogen) atoms. The molecule has 3 nitrogen and oxygen atoms in total. The fourth-order valence-electron chi connectivity index (χ4n) is 1.94. The van der Waals surface area contributed by atoms with E-state index in [1.807, 2.05) is 0 Å². The Morgan fingerprint density at radius 3 is 2.14 bits per heavy atom. The van der Waals surface area contributed by atoms with E-state index < -0.39 is 17.4 Å². The first kappa shape index (κ1) is 15.9. The molecule has 4 heteroatoms. The monoisotopic (exact) mass is 300 g/mol. The van der Waals surface area contributed by atoms with Crippen LogP contribution in [0.5, 0.6) is 0 Å². The molecular formula is C18H17FO3. The third-order valence-electron chi connectivity index (χ3n) is 2.98. The number of carbonyl (C=O) groups excluding carboxylic acids is 2. The molecule has 0 atom stereocenters. The highest BCUT2D eigenvalue weighted by Crippen LogP contribution is 2.22. The third kappa shape index (κ3) is 3.79. The van der Waals surface area contributed by atoms with Gasteiger partial charge in [0, 0.05) is 0 Å². The standard InChI is InChI=1S/C18H17FO3/c1-18(2,3)22-17(21)13-6-4-12(5-7-13)14-8-9-15(11-20)16(19)10-14/h4-11H,1-3H3. The highest BCUT2D eigenvalue weighted by atomic mass is 19.1. The maximum Gasteiger partial charge on any atom is 0.338 e. The second kappa shape index (κ2) is 6.10. The minimum Gasteiger partial charge on any atom is -0.456 e. The van der Waals surface area contributed by atoms with Crippen LogP contribution in [0.1, 0.15) is 41.5 Å². The molecule has 0 fully saturated rings. The molecule has 0 radical (unpaired) electrons. The summed E-state index contributed by atoms with van der Waals surface area (Å²) < 4.78 is 18.9. The van der Waals surface area contributed by atoms with Crippen molar-refractivity contribution in [3.63, 3.8) is 0 Å². The molecule has 0 spiro atoms. The SMILES string of the molecule is CC(C)(C)OC(=O)c1ccc(-c2ccc(C=O)c(F)c2)cc1. The van der Waals surface area contributed by atoms with Crippen molar-refractivity contribution in [3.05, 3.63) is 59.4 Å². The lowest BCUT2D eigenvalue weighted by Crippen LogP contribution is -2.23. The second-order valence-corrected chi connectivity index (χ2v) is 5.93. The number of ether oxygens (including phenoxy) is 1. The molecule has 2 aromatic rings. The van der Waals surface area contributed by atoms with Crippen molar-refractivity contribution in [2.24, 2.45) is 0 Å². The molecule has 0 aromatic heterocycles. The minimum atomic E-state index is -0.566. The minimum absolute atomic E-state index is 0.0223. The van der Waals surface area contributed by atoms with E-state index in [9.17, 15) is 14.0 Å². The first-order chi connectivity index (χ1) is 10.3. The lowest BCUT2D eigenvalue weighted by atomic mass is 10.0. The normalized spacial score (nSPS) is 11.1. The number of esters is 1. The fraction of sp³-hybridized carbons (Fsp3) is 0.222. The number of rotatable bonds is 3. The Morgan fingerprint density at radius 1 is 1.05 bits per heavy atom. The van der Waals surface area contributed by atoms with Crippen LogP contribution in [0.3, 0.4) is 0 Å². The molecule has 114 valence electrons. The first-order valence-corrected chi connectivity index (χ1v) is 6.89. The van der Waals surface area contributed by atoms with Crippen molar-refractivity contribution in [2.45, 2.75) is 26.4 Å². The molecule has 0 aliphatic heterocycles. The van der Waals surface area contributed by atoms with Gasteiger partial charge >= 0.3 is 5.97 Å². The van der Waals surface area contributed by atoms with Crippen LogP contribution in [0, 0.1) is 5.82 Å². The van der Waals surface area contributed by atoms with Crippen LogP contribution in [-0.4, -0.2) is 17.9 Å². The number of benzene rings is 2. The van der Waals surface area contributed by atoms with Gasteiger partial charge in [0.05, 0.1) is 11.1 Å². The van der Waals surface area contributed by atoms with Gasteiger partial charge in [-0.3, -0.25) is 4.79 Å². The molecule has 0 saturated heterocycles. The largest absolute Gasteiger partial charge is 0.456 e. The van der Waals surface area contributed by atoms with Gasteiger partial charge in [-0.1, -0.05) is 18.2 Å². The Labute approximate surface area is 128 Å². The van der Waals surface area contributed by atoms with Crippen LogP contribution in [0.15, 0.2) is 42.5 Å². The van der Waals surface area contributed by atoms with Crippen molar-refractivity contribution in [3.8, 4) is 11.1 Å². The summed E-state index contributed by atoms with van der Waals surface area (Å²) in [7, 11) is 0. The van der Waals surface area contributed by atoms with Crippen LogP contribution in [0.25, 0.3) is 11.1 Å². The van der Waals surface area contributed by atoms with Crippen molar-refractivity contribution in [1.29, 1.82) is 0 Å². The summed E-state index contributed by atoms with van der Waals surface area (Å²) in [5.74, 6) is -0.967. The summed E-state index contributed by atoms with van der Waals surface area (Å²) in [5.41, 5.74) is 1.30. The molecule has 0 unspecified atom stereocenters. The molecule has 0 aliphatic rings. The van der Waals surface area contributed by atoms with Gasteiger partial charge in [-0.25, -0.2) is 9.18 Å². The van der Waals surface area contributed by atoms with Gasteiger partial charge in [0.2, 0.25) is 0 Å². The van der Waals surface area contributed by atoms with Crippen LogP contribution in [0.2, 0.25) is 0 Å². The maximum atomic E-state index is 13.6. The number of carbonyl (C=O) groups is 2. The van der Waals surface area contributed by atoms with Gasteiger partial charge in [0.15, 0.2) is 6.29 Å². The Hall–Kier alpha value is -2.49. The van der Waals surface area contributed by atoms with E-state index in [1.165, 1.54) is 12.1 Å². The Balaban J connectivity index is 2.23. The van der Waals surface area contributed by atoms with E-state index in [-0.39, 0.29) is 5.56 Å². The predicted octanol–water partition coefficient (Wildman–Crippen LogP) is 4.26. The van der Waals surface area contributed by atoms with Crippen LogP contribution < -0.4 is 0 Å². The molecule has 0 heterocycles. The lowest BCUT2D eigenvalue weighted by Gasteiger charge is -2.19. The summed E-state index contributed by atoms with van der Waals surface area (Å²) in [6, 6.07) is 11.1. The molecule has 2 aromatic carbocycles. The van der Waals surface area contributed by atoms with Crippen LogP contribution in [-0.2, 0) is 4.74 Å². The average Bonchev–Trinajstić information content (AvgIpc) is 2.45. The van der Waals surface area contributed by atoms with Gasteiger partial charge in [-0.2, -0.15) is 0 Å². The molecule has 0 saturated carbocycles. The predicted molar refractivity (Wildman–Crippen MR) is 82.4 cm³/mol. The van der Waals surface area contributed by atoms with Crippen molar-refractivity contribution in [2.75, 3.05) is 0 Å². The van der Waals surface area contributed by atoms with E-state index in [0.717, 1.165) is 5.56 Å². The second-order valence-electron chi connectivity index (χ2n) is 5.93. The van der Waals surface area contributed by atoms with E-state index in [1.54, 1.807) is 51.1 Å². The lowest BCUT2D eigenvalue weighted by molar-refractivity contribution is 0.00695. The van der Waals surface area contributed by atoms with Gasteiger partial charge < -0.3 is 4.74 Å². The van der Waals surface area contributed by atoms with Gasteiger partial charge in [0.1, 0.15) is 11.4 Å². The summed E-state index contributed by atoms with van der Waals surface area (Å²) in [5, 5.41) is 0. The highest BCUT2D eigenvalue weighted by molar-refractivity contribution is 5.90. The molecule has 2 rings (SSSR count). The zero-order valence-corrected chi connectivity index (χ0v) is 12.7. The van der Waals surface area contributed by atoms with E-state index in [2.05, 4.69) is 0 Å². The van der Waals surface area contributed by atoms with E-state index in [0.29, 0.717) is 17.4 Å². The Morgan fingerprint density at radius 2 is 1.64 bits per heavy atom. The quantitative estimate of drug-likeness (QED) is 0.628. The summed E-state index contributed by atoms with van der Waals surface area (Å²) in [6.07, 6.45) is 0.477. The summed E-state index contributed by atoms with van der Waals surface area (Å²) in [4.78, 5) is 22.5. The van der Waals surface area contributed by atoms with Crippen molar-refractivity contribution in [1.82, 2.24) is 0 Å². The topological polar surface area (TPSA) is 43.4 Å². The molecule has 0 aliphatic carbocycles. The van der Waals surface area contributed by atoms with Gasteiger partial charge in [-0.05, 0) is 56.2 Å². The van der Waals surface area contributed by atoms with Gasteiger partial charge in [-0.15, -0.1) is 0 Å². The average molecular weight is 300 g/mol. The van der Waals surface area contributed by atoms with E-state index in [4.69, 9.17) is 4.74 Å². The molecular weight excluding hydrogens is 283 g/mol. The van der Waals surface area contributed by atoms with E-state index >= 15 is 0 Å². The smallest absolute Gasteiger partial charge is 0.338 e. The number of halogens is 1. The molecule has 0 amide bonds. The third-order valence-corrected chi connectivity index (χ3v) is 2.98. The zero-order chi connectivity index (χ0) is 16.3. The molecule has 0 bridgehead atoms. The maximum absolute atomic E-state index is 13.6. The summed E-state index contributed by atoms with van der Waals surface area (Å²) >= 11 is 0. The number of aldehydes is 1. The number of hydrogen-bond acceptors (Lipinski definition) is 3. The summed E-state index contributed by atoms with van der Waals surface area (Å²) in [6.45, 7) is 5.41. The van der Waals surface area contributed by atoms with Crippen LogP contribution in [0.4, 0.5) is 4.39 Å². The number of hydrogen-bond donors (Lipinski definition) is 0. The van der Waals surface area contributed by atoms with Crippen molar-refractivity contribution >= 4 is 12.3 Å². The Kier molecular flexibility index (Phi) is 4.40. The fourth-order valence-corrected chi connectivity index (χ4v) is 1.94. The zero-order valence-electron chi connectivity index (χ0n) is 12.7. The molecule has 0 N–H and O–H groups in total. The van der Waals surface area contributed by atoms with Crippen LogP contribution >= 0.6 is 0 Å². The highest BCUT2D eigenvalue weighted by Gasteiger charge is 2.17. The van der Waals surface area contributed by atoms with Gasteiger partial charge in [0.25, 0.3) is 0 Å². The Bertz CT molecular complexity index is 697. The van der Waals surface area contributed by atoms with Crippen molar-refractivity contribution < 1.29 is 18.7 Å². The first-order valence-electron chi connectivity index (χ1n) is 6.89.